The van der Waals surface area contributed by atoms with Crippen LogP contribution >= 0.6 is 0 Å². The summed E-state index contributed by atoms with van der Waals surface area (Å²) in [5.74, 6) is -2.23. The van der Waals surface area contributed by atoms with E-state index < -0.39 is 12.1 Å². The Morgan fingerprint density at radius 3 is 2.35 bits per heavy atom. The fourth-order valence-corrected chi connectivity index (χ4v) is 4.65. The number of aryl methyl sites for hydroxylation is 1. The highest BCUT2D eigenvalue weighted by Crippen LogP contribution is 2.31. The molecule has 1 saturated carbocycles. The lowest BCUT2D eigenvalue weighted by molar-refractivity contribution is -0.192. The van der Waals surface area contributed by atoms with Gasteiger partial charge in [-0.2, -0.15) is 18.2 Å². The van der Waals surface area contributed by atoms with Crippen LogP contribution in [0.25, 0.3) is 11.0 Å². The van der Waals surface area contributed by atoms with E-state index in [1.807, 2.05) is 17.7 Å². The van der Waals surface area contributed by atoms with Crippen molar-refractivity contribution in [3.8, 4) is 0 Å². The molecule has 0 spiro atoms. The largest absolute Gasteiger partial charge is 0.490 e. The van der Waals surface area contributed by atoms with Crippen molar-refractivity contribution >= 4 is 34.3 Å². The minimum Gasteiger partial charge on any atom is -0.475 e. The maximum absolute atomic E-state index is 12.8. The summed E-state index contributed by atoms with van der Waals surface area (Å²) >= 11 is 0. The highest BCUT2D eigenvalue weighted by molar-refractivity contribution is 5.79. The van der Waals surface area contributed by atoms with Crippen molar-refractivity contribution in [3.63, 3.8) is 0 Å². The third-order valence-corrected chi connectivity index (χ3v) is 6.54. The number of benzene rings is 1. The number of halogens is 3. The Morgan fingerprint density at radius 1 is 1.14 bits per heavy atom. The molecule has 1 saturated heterocycles. The first kappa shape index (κ1) is 26.4. The smallest absolute Gasteiger partial charge is 0.475 e. The van der Waals surface area contributed by atoms with Gasteiger partial charge in [0.1, 0.15) is 5.65 Å². The van der Waals surface area contributed by atoms with E-state index in [9.17, 15) is 18.0 Å². The summed E-state index contributed by atoms with van der Waals surface area (Å²) in [5.41, 5.74) is 3.87. The highest BCUT2D eigenvalue weighted by Gasteiger charge is 2.38. The van der Waals surface area contributed by atoms with Crippen molar-refractivity contribution in [2.45, 2.75) is 44.8 Å². The van der Waals surface area contributed by atoms with E-state index in [4.69, 9.17) is 14.9 Å². The van der Waals surface area contributed by atoms with Crippen LogP contribution in [0.1, 0.15) is 37.3 Å². The number of hydrogen-bond donors (Lipinski definition) is 3. The quantitative estimate of drug-likeness (QED) is 0.475. The molecule has 5 rings (SSSR count). The van der Waals surface area contributed by atoms with Crippen molar-refractivity contribution < 1.29 is 23.1 Å². The van der Waals surface area contributed by atoms with Gasteiger partial charge < -0.3 is 20.6 Å². The molecule has 1 aliphatic carbocycles. The van der Waals surface area contributed by atoms with Gasteiger partial charge in [0.05, 0.1) is 0 Å². The first-order valence-electron chi connectivity index (χ1n) is 12.2. The summed E-state index contributed by atoms with van der Waals surface area (Å²) in [7, 11) is 0. The predicted octanol–water partition coefficient (Wildman–Crippen LogP) is 4.00. The topological polar surface area (TPSA) is 112 Å². The van der Waals surface area contributed by atoms with Gasteiger partial charge in [0, 0.05) is 61.2 Å². The molecule has 2 fully saturated rings. The van der Waals surface area contributed by atoms with Gasteiger partial charge in [-0.25, -0.2) is 9.78 Å². The molecule has 198 valence electrons. The predicted molar refractivity (Wildman–Crippen MR) is 135 cm³/mol. The SMILES string of the molecule is Cc1cc(=O)n(C2CCCC2)c2nc(Nc3ccc(N4CCNCC4)cc3)ncc12.O=C(O)C(F)(F)F. The number of rotatable bonds is 4. The molecule has 0 radical (unpaired) electrons. The second-order valence-corrected chi connectivity index (χ2v) is 9.12. The Bertz CT molecular complexity index is 1300. The Hall–Kier alpha value is -3.67. The molecule has 2 aliphatic rings. The van der Waals surface area contributed by atoms with E-state index in [-0.39, 0.29) is 11.6 Å². The zero-order valence-corrected chi connectivity index (χ0v) is 20.4. The van der Waals surface area contributed by atoms with Gasteiger partial charge in [0.2, 0.25) is 5.95 Å². The molecule has 0 bridgehead atoms. The molecular weight excluding hydrogens is 489 g/mol. The highest BCUT2D eigenvalue weighted by atomic mass is 19.4. The number of carboxylic acids is 1. The first-order valence-corrected chi connectivity index (χ1v) is 12.2. The Balaban J connectivity index is 0.000000405. The number of carboxylic acid groups (broad SMARTS) is 1. The van der Waals surface area contributed by atoms with E-state index >= 15 is 0 Å². The van der Waals surface area contributed by atoms with Crippen molar-refractivity contribution in [2.75, 3.05) is 36.4 Å². The molecule has 0 atom stereocenters. The number of fused-ring (bicyclic) bond motifs is 1. The normalized spacial score (nSPS) is 16.4. The minimum atomic E-state index is -5.08. The number of aromatic nitrogens is 3. The number of nitrogens with zero attached hydrogens (tertiary/aromatic N) is 4. The van der Waals surface area contributed by atoms with Gasteiger partial charge in [0.25, 0.3) is 5.56 Å². The van der Waals surface area contributed by atoms with Gasteiger partial charge in [-0.05, 0) is 49.6 Å². The third kappa shape index (κ3) is 6.37. The van der Waals surface area contributed by atoms with Gasteiger partial charge in [-0.3, -0.25) is 9.36 Å². The lowest BCUT2D eigenvalue weighted by atomic mass is 10.1. The zero-order valence-electron chi connectivity index (χ0n) is 20.4. The molecule has 3 N–H and O–H groups in total. The second kappa shape index (κ2) is 11.2. The number of hydrogen-bond acceptors (Lipinski definition) is 7. The van der Waals surface area contributed by atoms with Crippen LogP contribution in [0.2, 0.25) is 0 Å². The van der Waals surface area contributed by atoms with Gasteiger partial charge in [-0.15, -0.1) is 0 Å². The van der Waals surface area contributed by atoms with E-state index in [2.05, 4.69) is 44.8 Å². The number of carbonyl (C=O) groups is 1. The number of anilines is 3. The van der Waals surface area contributed by atoms with E-state index in [1.54, 1.807) is 6.07 Å². The molecule has 3 aromatic rings. The van der Waals surface area contributed by atoms with Crippen molar-refractivity contribution in [3.05, 3.63) is 52.4 Å². The van der Waals surface area contributed by atoms with Crippen molar-refractivity contribution in [2.24, 2.45) is 0 Å². The minimum absolute atomic E-state index is 0.0388. The van der Waals surface area contributed by atoms with E-state index in [1.165, 1.54) is 18.5 Å². The number of nitrogens with one attached hydrogen (secondary N) is 2. The summed E-state index contributed by atoms with van der Waals surface area (Å²) in [6, 6.07) is 10.3. The molecular formula is C25H29F3N6O3. The van der Waals surface area contributed by atoms with Gasteiger partial charge >= 0.3 is 12.1 Å². The number of alkyl halides is 3. The molecule has 3 heterocycles. The molecule has 1 aliphatic heterocycles. The molecule has 1 aromatic carbocycles. The Morgan fingerprint density at radius 2 is 1.76 bits per heavy atom. The molecule has 12 heteroatoms. The van der Waals surface area contributed by atoms with Crippen molar-refractivity contribution in [1.29, 1.82) is 0 Å². The lowest BCUT2D eigenvalue weighted by Crippen LogP contribution is -2.43. The van der Waals surface area contributed by atoms with Crippen molar-refractivity contribution in [1.82, 2.24) is 19.9 Å². The van der Waals surface area contributed by atoms with Crippen LogP contribution in [0.3, 0.4) is 0 Å². The zero-order chi connectivity index (χ0) is 26.6. The molecule has 9 nitrogen and oxygen atoms in total. The maximum Gasteiger partial charge on any atom is 0.490 e. The summed E-state index contributed by atoms with van der Waals surface area (Å²) in [6.07, 6.45) is 1.17. The summed E-state index contributed by atoms with van der Waals surface area (Å²) in [4.78, 5) is 33.3. The van der Waals surface area contributed by atoms with E-state index in [0.29, 0.717) is 5.95 Å². The monoisotopic (exact) mass is 518 g/mol. The average Bonchev–Trinajstić information content (AvgIpc) is 3.39. The Labute approximate surface area is 211 Å². The summed E-state index contributed by atoms with van der Waals surface area (Å²) < 4.78 is 33.6. The van der Waals surface area contributed by atoms with Gasteiger partial charge in [-0.1, -0.05) is 12.8 Å². The molecule has 2 aromatic heterocycles. The fourth-order valence-electron chi connectivity index (χ4n) is 4.65. The van der Waals surface area contributed by atoms with Crippen LogP contribution in [-0.2, 0) is 4.79 Å². The van der Waals surface area contributed by atoms with Crippen LogP contribution in [0.15, 0.2) is 41.3 Å². The lowest BCUT2D eigenvalue weighted by Gasteiger charge is -2.29. The van der Waals surface area contributed by atoms with Gasteiger partial charge in [0.15, 0.2) is 0 Å². The number of piperazine rings is 1. The van der Waals surface area contributed by atoms with E-state index in [0.717, 1.165) is 61.3 Å². The summed E-state index contributed by atoms with van der Waals surface area (Å²) in [6.45, 7) is 6.05. The van der Waals surface area contributed by atoms with Crippen LogP contribution in [0.4, 0.5) is 30.5 Å². The third-order valence-electron chi connectivity index (χ3n) is 6.54. The maximum atomic E-state index is 12.8. The van der Waals surface area contributed by atoms with Crippen LogP contribution in [-0.4, -0.2) is 58.0 Å². The number of aliphatic carboxylic acids is 1. The van der Waals surface area contributed by atoms with Crippen LogP contribution in [0.5, 0.6) is 0 Å². The fraction of sp³-hybridized carbons (Fsp3) is 0.440. The summed E-state index contributed by atoms with van der Waals surface area (Å²) in [5, 5.41) is 14.8. The molecule has 0 unspecified atom stereocenters. The first-order chi connectivity index (χ1) is 17.6. The Kier molecular flexibility index (Phi) is 7.96. The molecule has 0 amide bonds. The second-order valence-electron chi connectivity index (χ2n) is 9.12. The number of pyridine rings is 1. The molecule has 37 heavy (non-hydrogen) atoms. The van der Waals surface area contributed by atoms with Crippen LogP contribution < -0.4 is 21.1 Å². The van der Waals surface area contributed by atoms with Crippen LogP contribution in [0, 0.1) is 6.92 Å². The standard InChI is InChI=1S/C23H28N6O.C2HF3O2/c1-16-14-21(30)29(19-4-2-3-5-19)22-20(16)15-25-23(27-22)26-17-6-8-18(9-7-17)28-12-10-24-11-13-28;3-2(4,5)1(6)7/h6-9,14-15,19,24H,2-5,10-13H2,1H3,(H,25,26,27);(H,6,7). The average molecular weight is 519 g/mol.